The summed E-state index contributed by atoms with van der Waals surface area (Å²) in [5.41, 5.74) is 2.19. The third kappa shape index (κ3) is 4.68. The molecule has 2 aromatic heterocycles. The average molecular weight is 622 g/mol. The minimum absolute atomic E-state index is 0.0705. The van der Waals surface area contributed by atoms with Crippen molar-refractivity contribution in [1.82, 2.24) is 20.1 Å². The summed E-state index contributed by atoms with van der Waals surface area (Å²) < 4.78 is 57.6. The van der Waals surface area contributed by atoms with Crippen molar-refractivity contribution >= 4 is 22.7 Å². The topological polar surface area (TPSA) is 142 Å². The van der Waals surface area contributed by atoms with Gasteiger partial charge in [0.05, 0.1) is 31.0 Å². The highest BCUT2D eigenvalue weighted by Crippen LogP contribution is 2.50. The van der Waals surface area contributed by atoms with Gasteiger partial charge in [-0.05, 0) is 68.9 Å². The van der Waals surface area contributed by atoms with Crippen LogP contribution in [-0.2, 0) is 15.8 Å². The van der Waals surface area contributed by atoms with Gasteiger partial charge in [-0.25, -0.2) is 18.2 Å². The average Bonchev–Trinajstić information content (AvgIpc) is 3.97. The Bertz CT molecular complexity index is 1910. The molecule has 0 bridgehead atoms. The number of hydrogen-bond acceptors (Lipinski definition) is 7. The van der Waals surface area contributed by atoms with Crippen molar-refractivity contribution < 1.29 is 37.3 Å². The lowest BCUT2D eigenvalue weighted by molar-refractivity contribution is -0.123. The van der Waals surface area contributed by atoms with Gasteiger partial charge in [0.15, 0.2) is 11.6 Å². The fourth-order valence-corrected chi connectivity index (χ4v) is 5.98. The standard InChI is InChI=1S/C32H30F3N5O5/c1-31(30(36)42)14-45-28-19(31)11-23(38-27(28)24-20(33)7-8-21(34)25(24)35)32(43,17-3-4-17)13-37-29(41)15-9-16-12-40(18-5-6-18)39-26(16)22(10-15)44-2/h7-12,17-18,43H,3-6,13-14H2,1-2H3,(H2,36,42)(H,37,41)/t31-,32+/m0/s1. The van der Waals surface area contributed by atoms with Crippen LogP contribution in [-0.4, -0.2) is 51.9 Å². The van der Waals surface area contributed by atoms with Gasteiger partial charge >= 0.3 is 0 Å². The molecule has 0 saturated heterocycles. The number of pyridine rings is 1. The molecule has 3 aliphatic rings. The van der Waals surface area contributed by atoms with Crippen molar-refractivity contribution in [3.05, 3.63) is 70.8 Å². The lowest BCUT2D eigenvalue weighted by atomic mass is 9.81. The second kappa shape index (κ2) is 10.2. The second-order valence-electron chi connectivity index (χ2n) is 12.3. The van der Waals surface area contributed by atoms with Crippen LogP contribution in [0.4, 0.5) is 13.2 Å². The van der Waals surface area contributed by atoms with Gasteiger partial charge in [0.2, 0.25) is 5.91 Å². The quantitative estimate of drug-likeness (QED) is 0.240. The second-order valence-corrected chi connectivity index (χ2v) is 12.3. The fraction of sp³-hybridized carbons (Fsp3) is 0.375. The molecule has 4 aromatic rings. The molecule has 2 atom stereocenters. The van der Waals surface area contributed by atoms with Gasteiger partial charge in [-0.1, -0.05) is 0 Å². The van der Waals surface area contributed by atoms with Crippen LogP contribution in [0.3, 0.4) is 0 Å². The molecule has 7 rings (SSSR count). The summed E-state index contributed by atoms with van der Waals surface area (Å²) in [6, 6.07) is 6.39. The van der Waals surface area contributed by atoms with Crippen molar-refractivity contribution in [1.29, 1.82) is 0 Å². The number of aromatic nitrogens is 3. The molecule has 4 N–H and O–H groups in total. The van der Waals surface area contributed by atoms with Crippen molar-refractivity contribution in [2.45, 2.75) is 49.7 Å². The molecule has 2 saturated carbocycles. The SMILES string of the molecule is COc1cc(C(=O)NC[C@](O)(c2cc3c(c(-c4c(F)ccc(F)c4F)n2)OC[C@]3(C)C(N)=O)C2CC2)cc2cn(C3CC3)nc12. The molecular weight excluding hydrogens is 591 g/mol. The highest BCUT2D eigenvalue weighted by atomic mass is 19.2. The summed E-state index contributed by atoms with van der Waals surface area (Å²) in [6.45, 7) is 0.917. The van der Waals surface area contributed by atoms with Gasteiger partial charge in [-0.3, -0.25) is 14.3 Å². The van der Waals surface area contributed by atoms with E-state index in [1.165, 1.54) is 20.1 Å². The fourth-order valence-electron chi connectivity index (χ4n) is 5.98. The minimum Gasteiger partial charge on any atom is -0.494 e. The third-order valence-electron chi connectivity index (χ3n) is 9.11. The number of nitrogens with two attached hydrogens (primary N) is 1. The summed E-state index contributed by atoms with van der Waals surface area (Å²) in [4.78, 5) is 30.5. The normalized spacial score (nSPS) is 20.4. The number of primary amides is 1. The molecule has 2 aromatic carbocycles. The first-order valence-electron chi connectivity index (χ1n) is 14.6. The molecule has 2 fully saturated rings. The highest BCUT2D eigenvalue weighted by Gasteiger charge is 2.50. The van der Waals surface area contributed by atoms with Gasteiger partial charge in [0, 0.05) is 22.7 Å². The predicted octanol–water partition coefficient (Wildman–Crippen LogP) is 4.02. The van der Waals surface area contributed by atoms with Gasteiger partial charge < -0.3 is 25.6 Å². The number of nitrogens with zero attached hydrogens (tertiary/aromatic N) is 3. The first-order valence-corrected chi connectivity index (χ1v) is 14.6. The Kier molecular flexibility index (Phi) is 6.59. The summed E-state index contributed by atoms with van der Waals surface area (Å²) in [5, 5.41) is 20.2. The molecule has 13 heteroatoms. The Morgan fingerprint density at radius 1 is 1.18 bits per heavy atom. The number of fused-ring (bicyclic) bond motifs is 2. The molecular formula is C32H30F3N5O5. The highest BCUT2D eigenvalue weighted by molar-refractivity contribution is 6.00. The van der Waals surface area contributed by atoms with Crippen LogP contribution in [0.2, 0.25) is 0 Å². The molecule has 1 aliphatic heterocycles. The van der Waals surface area contributed by atoms with E-state index < -0.39 is 51.5 Å². The smallest absolute Gasteiger partial charge is 0.251 e. The van der Waals surface area contributed by atoms with Crippen molar-refractivity contribution in [3.63, 3.8) is 0 Å². The Balaban J connectivity index is 1.28. The zero-order valence-electron chi connectivity index (χ0n) is 24.5. The van der Waals surface area contributed by atoms with E-state index in [1.54, 1.807) is 12.1 Å². The van der Waals surface area contributed by atoms with Crippen LogP contribution >= 0.6 is 0 Å². The predicted molar refractivity (Wildman–Crippen MR) is 155 cm³/mol. The summed E-state index contributed by atoms with van der Waals surface area (Å²) in [5.74, 6) is -5.32. The molecule has 2 amide bonds. The Morgan fingerprint density at radius 2 is 1.91 bits per heavy atom. The number of rotatable bonds is 9. The maximum atomic E-state index is 15.1. The lowest BCUT2D eigenvalue weighted by Crippen LogP contribution is -2.44. The van der Waals surface area contributed by atoms with Crippen LogP contribution in [0.5, 0.6) is 11.5 Å². The maximum absolute atomic E-state index is 15.1. The van der Waals surface area contributed by atoms with E-state index in [9.17, 15) is 19.1 Å². The van der Waals surface area contributed by atoms with E-state index in [-0.39, 0.29) is 41.6 Å². The number of halogens is 3. The largest absolute Gasteiger partial charge is 0.494 e. The molecule has 2 aliphatic carbocycles. The lowest BCUT2D eigenvalue weighted by Gasteiger charge is -2.30. The molecule has 10 nitrogen and oxygen atoms in total. The van der Waals surface area contributed by atoms with E-state index in [4.69, 9.17) is 15.2 Å². The van der Waals surface area contributed by atoms with Crippen LogP contribution in [0, 0.1) is 23.4 Å². The summed E-state index contributed by atoms with van der Waals surface area (Å²) in [7, 11) is 1.49. The molecule has 0 radical (unpaired) electrons. The van der Waals surface area contributed by atoms with Crippen molar-refractivity contribution in [2.75, 3.05) is 20.3 Å². The molecule has 234 valence electrons. The van der Waals surface area contributed by atoms with Crippen molar-refractivity contribution in [2.24, 2.45) is 11.7 Å². The Morgan fingerprint density at radius 3 is 2.58 bits per heavy atom. The molecule has 0 unspecified atom stereocenters. The third-order valence-corrected chi connectivity index (χ3v) is 9.11. The van der Waals surface area contributed by atoms with E-state index in [0.29, 0.717) is 36.2 Å². The van der Waals surface area contributed by atoms with Gasteiger partial charge in [-0.2, -0.15) is 5.10 Å². The number of nitrogens with one attached hydrogen (secondary N) is 1. The summed E-state index contributed by atoms with van der Waals surface area (Å²) >= 11 is 0. The monoisotopic (exact) mass is 621 g/mol. The molecule has 0 spiro atoms. The van der Waals surface area contributed by atoms with Gasteiger partial charge in [-0.15, -0.1) is 0 Å². The zero-order valence-corrected chi connectivity index (χ0v) is 24.5. The Labute approximate surface area is 255 Å². The number of aliphatic hydroxyl groups is 1. The van der Waals surface area contributed by atoms with E-state index in [1.807, 2.05) is 10.9 Å². The number of carbonyl (C=O) groups excluding carboxylic acids is 2. The van der Waals surface area contributed by atoms with Gasteiger partial charge in [0.25, 0.3) is 5.91 Å². The van der Waals surface area contributed by atoms with Crippen LogP contribution in [0.25, 0.3) is 22.2 Å². The number of ether oxygens (including phenoxy) is 2. The number of carbonyl (C=O) groups is 2. The minimum atomic E-state index is -1.83. The number of methoxy groups -OCH3 is 1. The van der Waals surface area contributed by atoms with Crippen molar-refractivity contribution in [3.8, 4) is 22.8 Å². The van der Waals surface area contributed by atoms with Crippen LogP contribution in [0.15, 0.2) is 36.5 Å². The number of amides is 2. The van der Waals surface area contributed by atoms with E-state index >= 15 is 8.78 Å². The van der Waals surface area contributed by atoms with E-state index in [0.717, 1.165) is 24.3 Å². The number of hydrogen-bond donors (Lipinski definition) is 3. The van der Waals surface area contributed by atoms with Crippen LogP contribution in [0.1, 0.15) is 60.3 Å². The molecule has 3 heterocycles. The Hall–Kier alpha value is -4.65. The maximum Gasteiger partial charge on any atom is 0.251 e. The van der Waals surface area contributed by atoms with Gasteiger partial charge in [0.1, 0.15) is 46.1 Å². The molecule has 45 heavy (non-hydrogen) atoms. The zero-order chi connectivity index (χ0) is 31.8. The number of benzene rings is 2. The first kappa shape index (κ1) is 29.1. The first-order chi connectivity index (χ1) is 21.4. The van der Waals surface area contributed by atoms with Crippen LogP contribution < -0.4 is 20.5 Å². The van der Waals surface area contributed by atoms with E-state index in [2.05, 4.69) is 15.4 Å². The summed E-state index contributed by atoms with van der Waals surface area (Å²) in [6.07, 6.45) is 5.08.